The number of nitrogens with one attached hydrogen (secondary N) is 3. The summed E-state index contributed by atoms with van der Waals surface area (Å²) in [5.74, 6) is -1.45. The molecule has 1 rings (SSSR count). The molecule has 0 fully saturated rings. The third kappa shape index (κ3) is 12.6. The SMILES string of the molecule is CSCCC(NC(=O)C(CC(C)C)NC(=O)C(CCSC)NC(=O)C(N)Cc1ccc(O)cc1)C(=O)O. The lowest BCUT2D eigenvalue weighted by Gasteiger charge is -2.26. The first-order valence-electron chi connectivity index (χ1n) is 12.1. The monoisotopic (exact) mass is 556 g/mol. The molecule has 0 saturated carbocycles. The molecule has 0 bridgehead atoms. The average Bonchev–Trinajstić information content (AvgIpc) is 2.84. The summed E-state index contributed by atoms with van der Waals surface area (Å²) in [7, 11) is 0. The molecule has 4 unspecified atom stereocenters. The summed E-state index contributed by atoms with van der Waals surface area (Å²) in [5.41, 5.74) is 6.83. The van der Waals surface area contributed by atoms with E-state index in [1.165, 1.54) is 35.7 Å². The summed E-state index contributed by atoms with van der Waals surface area (Å²) < 4.78 is 0. The van der Waals surface area contributed by atoms with E-state index >= 15 is 0 Å². The van der Waals surface area contributed by atoms with Crippen molar-refractivity contribution in [1.29, 1.82) is 0 Å². The molecule has 10 nitrogen and oxygen atoms in total. The van der Waals surface area contributed by atoms with Gasteiger partial charge in [0.1, 0.15) is 23.9 Å². The number of hydrogen-bond donors (Lipinski definition) is 6. The summed E-state index contributed by atoms with van der Waals surface area (Å²) in [6, 6.07) is 2.49. The Balaban J connectivity index is 2.93. The van der Waals surface area contributed by atoms with Crippen molar-refractivity contribution in [2.24, 2.45) is 11.7 Å². The van der Waals surface area contributed by atoms with Crippen LogP contribution in [0.4, 0.5) is 0 Å². The van der Waals surface area contributed by atoms with Gasteiger partial charge in [-0.3, -0.25) is 14.4 Å². The van der Waals surface area contributed by atoms with Crippen LogP contribution in [0.1, 0.15) is 38.7 Å². The second-order valence-corrected chi connectivity index (χ2v) is 11.2. The van der Waals surface area contributed by atoms with Crippen LogP contribution < -0.4 is 21.7 Å². The van der Waals surface area contributed by atoms with E-state index < -0.39 is 47.9 Å². The topological polar surface area (TPSA) is 171 Å². The van der Waals surface area contributed by atoms with Gasteiger partial charge in [-0.1, -0.05) is 26.0 Å². The Hall–Kier alpha value is -2.44. The van der Waals surface area contributed by atoms with E-state index in [2.05, 4.69) is 16.0 Å². The molecule has 0 aromatic heterocycles. The third-order valence-corrected chi connectivity index (χ3v) is 6.83. The summed E-state index contributed by atoms with van der Waals surface area (Å²) in [6.07, 6.45) is 4.83. The maximum atomic E-state index is 13.2. The van der Waals surface area contributed by atoms with Crippen LogP contribution in [-0.4, -0.2) is 82.1 Å². The number of thioether (sulfide) groups is 2. The van der Waals surface area contributed by atoms with Crippen LogP contribution in [0.25, 0.3) is 0 Å². The van der Waals surface area contributed by atoms with Crippen molar-refractivity contribution < 1.29 is 29.4 Å². The second kappa shape index (κ2) is 17.1. The van der Waals surface area contributed by atoms with Crippen LogP contribution in [0, 0.1) is 5.92 Å². The normalized spacial score (nSPS) is 14.3. The van der Waals surface area contributed by atoms with Crippen molar-refractivity contribution in [3.8, 4) is 5.75 Å². The highest BCUT2D eigenvalue weighted by molar-refractivity contribution is 7.98. The average molecular weight is 557 g/mol. The van der Waals surface area contributed by atoms with E-state index in [9.17, 15) is 29.4 Å². The van der Waals surface area contributed by atoms with Crippen molar-refractivity contribution in [2.45, 2.75) is 63.7 Å². The van der Waals surface area contributed by atoms with Crippen molar-refractivity contribution in [3.63, 3.8) is 0 Å². The number of phenols is 1. The van der Waals surface area contributed by atoms with Crippen molar-refractivity contribution in [3.05, 3.63) is 29.8 Å². The van der Waals surface area contributed by atoms with Gasteiger partial charge >= 0.3 is 5.97 Å². The number of aromatic hydroxyl groups is 1. The fourth-order valence-corrected chi connectivity index (χ4v) is 4.45. The number of rotatable bonds is 17. The summed E-state index contributed by atoms with van der Waals surface area (Å²) in [4.78, 5) is 50.5. The zero-order valence-corrected chi connectivity index (χ0v) is 23.5. The molecule has 0 aliphatic heterocycles. The highest BCUT2D eigenvalue weighted by Crippen LogP contribution is 2.12. The highest BCUT2D eigenvalue weighted by Gasteiger charge is 2.30. The number of carboxylic acid groups (broad SMARTS) is 1. The number of hydrogen-bond acceptors (Lipinski definition) is 8. The smallest absolute Gasteiger partial charge is 0.326 e. The number of carbonyl (C=O) groups excluding carboxylic acids is 3. The largest absolute Gasteiger partial charge is 0.508 e. The van der Waals surface area contributed by atoms with Crippen molar-refractivity contribution in [1.82, 2.24) is 16.0 Å². The van der Waals surface area contributed by atoms with Crippen molar-refractivity contribution in [2.75, 3.05) is 24.0 Å². The Kier molecular flexibility index (Phi) is 15.1. The zero-order chi connectivity index (χ0) is 28.0. The number of amides is 3. The molecule has 0 radical (unpaired) electrons. The van der Waals surface area contributed by atoms with Crippen LogP contribution in [0.15, 0.2) is 24.3 Å². The van der Waals surface area contributed by atoms with Crippen LogP contribution in [0.2, 0.25) is 0 Å². The standard InChI is InChI=1S/C25H40N4O6S2/c1-15(2)13-21(24(33)28-20(25(34)35)10-12-37-4)29-23(32)19(9-11-36-3)27-22(31)18(26)14-16-5-7-17(30)8-6-16/h5-8,15,18-21,30H,9-14,26H2,1-4H3,(H,27,31)(H,28,33)(H,29,32)(H,34,35). The molecule has 0 aliphatic rings. The molecule has 0 spiro atoms. The molecule has 0 heterocycles. The van der Waals surface area contributed by atoms with Crippen LogP contribution >= 0.6 is 23.5 Å². The van der Waals surface area contributed by atoms with E-state index in [-0.39, 0.29) is 24.5 Å². The molecule has 208 valence electrons. The second-order valence-electron chi connectivity index (χ2n) is 9.19. The lowest BCUT2D eigenvalue weighted by molar-refractivity contribution is -0.142. The Bertz CT molecular complexity index is 884. The van der Waals surface area contributed by atoms with Gasteiger partial charge in [0.05, 0.1) is 6.04 Å². The Morgan fingerprint density at radius 1 is 0.838 bits per heavy atom. The molecule has 1 aromatic carbocycles. The van der Waals surface area contributed by atoms with Gasteiger partial charge in [-0.25, -0.2) is 4.79 Å². The fraction of sp³-hybridized carbons (Fsp3) is 0.600. The number of aliphatic carboxylic acids is 1. The number of benzene rings is 1. The van der Waals surface area contributed by atoms with Crippen LogP contribution in [-0.2, 0) is 25.6 Å². The van der Waals surface area contributed by atoms with Crippen molar-refractivity contribution >= 4 is 47.2 Å². The molecular formula is C25H40N4O6S2. The first-order chi connectivity index (χ1) is 17.5. The highest BCUT2D eigenvalue weighted by atomic mass is 32.2. The first kappa shape index (κ1) is 32.6. The van der Waals surface area contributed by atoms with E-state index in [1.807, 2.05) is 26.4 Å². The first-order valence-corrected chi connectivity index (χ1v) is 14.9. The maximum absolute atomic E-state index is 13.2. The quantitative estimate of drug-likeness (QED) is 0.166. The molecule has 0 aliphatic carbocycles. The lowest BCUT2D eigenvalue weighted by Crippen LogP contribution is -2.57. The fourth-order valence-electron chi connectivity index (χ4n) is 3.50. The molecule has 1 aromatic rings. The van der Waals surface area contributed by atoms with Gasteiger partial charge < -0.3 is 31.9 Å². The van der Waals surface area contributed by atoms with Crippen LogP contribution in [0.3, 0.4) is 0 Å². The molecular weight excluding hydrogens is 516 g/mol. The van der Waals surface area contributed by atoms with Crippen LogP contribution in [0.5, 0.6) is 5.75 Å². The predicted octanol–water partition coefficient (Wildman–Crippen LogP) is 1.35. The number of carbonyl (C=O) groups is 4. The minimum absolute atomic E-state index is 0.0449. The van der Waals surface area contributed by atoms with Gasteiger partial charge in [0.2, 0.25) is 17.7 Å². The zero-order valence-electron chi connectivity index (χ0n) is 21.9. The minimum Gasteiger partial charge on any atom is -0.508 e. The Morgan fingerprint density at radius 3 is 1.84 bits per heavy atom. The lowest BCUT2D eigenvalue weighted by atomic mass is 10.0. The van der Waals surface area contributed by atoms with E-state index in [1.54, 1.807) is 12.1 Å². The van der Waals surface area contributed by atoms with Gasteiger partial charge in [0.25, 0.3) is 0 Å². The molecule has 0 saturated heterocycles. The van der Waals surface area contributed by atoms with Gasteiger partial charge in [-0.05, 0) is 73.3 Å². The molecule has 12 heteroatoms. The Labute approximate surface area is 227 Å². The van der Waals surface area contributed by atoms with Gasteiger partial charge in [0, 0.05) is 0 Å². The van der Waals surface area contributed by atoms with Gasteiger partial charge in [-0.15, -0.1) is 0 Å². The molecule has 4 atom stereocenters. The minimum atomic E-state index is -1.13. The molecule has 7 N–H and O–H groups in total. The predicted molar refractivity (Wildman–Crippen MR) is 149 cm³/mol. The third-order valence-electron chi connectivity index (χ3n) is 5.54. The van der Waals surface area contributed by atoms with Gasteiger partial charge in [0.15, 0.2) is 0 Å². The van der Waals surface area contributed by atoms with Gasteiger partial charge in [-0.2, -0.15) is 23.5 Å². The maximum Gasteiger partial charge on any atom is 0.326 e. The van der Waals surface area contributed by atoms with E-state index in [0.717, 1.165) is 5.56 Å². The molecule has 37 heavy (non-hydrogen) atoms. The number of nitrogens with two attached hydrogens (primary N) is 1. The summed E-state index contributed by atoms with van der Waals surface area (Å²) in [6.45, 7) is 3.79. The molecule has 3 amide bonds. The van der Waals surface area contributed by atoms with E-state index in [0.29, 0.717) is 24.3 Å². The number of carboxylic acids is 1. The number of phenolic OH excluding ortho intramolecular Hbond substituents is 1. The Morgan fingerprint density at radius 2 is 1.32 bits per heavy atom. The summed E-state index contributed by atoms with van der Waals surface area (Å²) in [5, 5.41) is 26.8. The van der Waals surface area contributed by atoms with E-state index in [4.69, 9.17) is 5.73 Å². The summed E-state index contributed by atoms with van der Waals surface area (Å²) >= 11 is 2.99.